The van der Waals surface area contributed by atoms with E-state index < -0.39 is 0 Å². The predicted molar refractivity (Wildman–Crippen MR) is 83.7 cm³/mol. The number of benzene rings is 1. The summed E-state index contributed by atoms with van der Waals surface area (Å²) >= 11 is 15.3. The van der Waals surface area contributed by atoms with Crippen LogP contribution in [0.4, 0.5) is 5.82 Å². The molecule has 0 atom stereocenters. The number of aromatic nitrogens is 2. The van der Waals surface area contributed by atoms with E-state index in [4.69, 9.17) is 28.9 Å². The minimum Gasteiger partial charge on any atom is -0.383 e. The average molecular weight is 361 g/mol. The van der Waals surface area contributed by atoms with Gasteiger partial charge in [-0.15, -0.1) is 0 Å². The Balaban J connectivity index is 2.59. The Bertz CT molecular complexity index is 630. The smallest absolute Gasteiger partial charge is 0.161 e. The molecule has 0 saturated carbocycles. The van der Waals surface area contributed by atoms with E-state index in [2.05, 4.69) is 25.9 Å². The molecular formula is C13H12BrCl2N3. The van der Waals surface area contributed by atoms with Crippen LogP contribution in [0.3, 0.4) is 0 Å². The van der Waals surface area contributed by atoms with Gasteiger partial charge in [-0.2, -0.15) is 0 Å². The van der Waals surface area contributed by atoms with Crippen LogP contribution in [-0.4, -0.2) is 9.97 Å². The first kappa shape index (κ1) is 14.6. The molecule has 0 aliphatic rings. The molecule has 1 aromatic carbocycles. The number of rotatable bonds is 2. The zero-order valence-electron chi connectivity index (χ0n) is 10.4. The molecule has 100 valence electrons. The minimum absolute atomic E-state index is 0.237. The highest BCUT2D eigenvalue weighted by Gasteiger charge is 2.14. The van der Waals surface area contributed by atoms with Crippen LogP contribution in [0.25, 0.3) is 11.4 Å². The quantitative estimate of drug-likeness (QED) is 0.826. The van der Waals surface area contributed by atoms with Crippen molar-refractivity contribution in [1.82, 2.24) is 9.97 Å². The molecule has 0 fully saturated rings. The van der Waals surface area contributed by atoms with Gasteiger partial charge in [-0.3, -0.25) is 0 Å². The van der Waals surface area contributed by atoms with Crippen LogP contribution < -0.4 is 5.73 Å². The number of anilines is 1. The fourth-order valence-electron chi connectivity index (χ4n) is 1.63. The first-order valence-electron chi connectivity index (χ1n) is 5.68. The molecule has 0 spiro atoms. The number of hydrogen-bond acceptors (Lipinski definition) is 3. The predicted octanol–water partition coefficient (Wildman–Crippen LogP) is 4.92. The number of nitrogens with zero attached hydrogens (tertiary/aromatic N) is 2. The number of nitrogen functional groups attached to an aromatic ring is 1. The number of nitrogens with two attached hydrogens (primary N) is 1. The Labute approximate surface area is 130 Å². The lowest BCUT2D eigenvalue weighted by atomic mass is 10.1. The molecule has 0 aliphatic carbocycles. The van der Waals surface area contributed by atoms with E-state index in [1.165, 1.54) is 0 Å². The topological polar surface area (TPSA) is 51.8 Å². The van der Waals surface area contributed by atoms with E-state index in [1.807, 2.05) is 19.9 Å². The summed E-state index contributed by atoms with van der Waals surface area (Å²) in [4.78, 5) is 8.81. The van der Waals surface area contributed by atoms with E-state index in [1.54, 1.807) is 12.1 Å². The van der Waals surface area contributed by atoms with Gasteiger partial charge in [0, 0.05) is 5.56 Å². The van der Waals surface area contributed by atoms with Crippen LogP contribution in [-0.2, 0) is 0 Å². The van der Waals surface area contributed by atoms with Gasteiger partial charge >= 0.3 is 0 Å². The maximum absolute atomic E-state index is 6.01. The van der Waals surface area contributed by atoms with Crippen molar-refractivity contribution < 1.29 is 0 Å². The van der Waals surface area contributed by atoms with Crippen LogP contribution in [0.5, 0.6) is 0 Å². The molecule has 0 bridgehead atoms. The first-order chi connectivity index (χ1) is 8.90. The van der Waals surface area contributed by atoms with Gasteiger partial charge in [0.1, 0.15) is 5.82 Å². The molecule has 0 aliphatic heterocycles. The largest absolute Gasteiger partial charge is 0.383 e. The molecule has 3 nitrogen and oxygen atoms in total. The second-order valence-electron chi connectivity index (χ2n) is 4.42. The van der Waals surface area contributed by atoms with Crippen molar-refractivity contribution in [3.8, 4) is 11.4 Å². The Morgan fingerprint density at radius 1 is 1.16 bits per heavy atom. The maximum atomic E-state index is 6.01. The molecule has 0 saturated heterocycles. The highest BCUT2D eigenvalue weighted by Crippen LogP contribution is 2.31. The molecular weight excluding hydrogens is 349 g/mol. The maximum Gasteiger partial charge on any atom is 0.161 e. The van der Waals surface area contributed by atoms with Crippen molar-refractivity contribution in [1.29, 1.82) is 0 Å². The number of hydrogen-bond donors (Lipinski definition) is 1. The fraction of sp³-hybridized carbons (Fsp3) is 0.231. The van der Waals surface area contributed by atoms with Gasteiger partial charge in [0.05, 0.1) is 20.2 Å². The summed E-state index contributed by atoms with van der Waals surface area (Å²) in [7, 11) is 0. The van der Waals surface area contributed by atoms with Gasteiger partial charge in [0.15, 0.2) is 5.82 Å². The third-order valence-corrected chi connectivity index (χ3v) is 4.18. The Hall–Kier alpha value is -0.840. The van der Waals surface area contributed by atoms with Crippen LogP contribution >= 0.6 is 39.1 Å². The molecule has 2 aromatic rings. The van der Waals surface area contributed by atoms with E-state index in [-0.39, 0.29) is 5.92 Å². The fourth-order valence-corrected chi connectivity index (χ4v) is 2.56. The summed E-state index contributed by atoms with van der Waals surface area (Å²) in [6.45, 7) is 4.09. The van der Waals surface area contributed by atoms with Gasteiger partial charge in [-0.25, -0.2) is 9.97 Å². The Kier molecular flexibility index (Phi) is 4.33. The highest BCUT2D eigenvalue weighted by molar-refractivity contribution is 9.10. The molecule has 0 unspecified atom stereocenters. The lowest BCUT2D eigenvalue weighted by Crippen LogP contribution is -2.04. The van der Waals surface area contributed by atoms with Crippen molar-refractivity contribution in [3.05, 3.63) is 38.4 Å². The summed E-state index contributed by atoms with van der Waals surface area (Å²) in [6.07, 6.45) is 0. The van der Waals surface area contributed by atoms with Crippen LogP contribution in [0.15, 0.2) is 22.7 Å². The summed E-state index contributed by atoms with van der Waals surface area (Å²) in [6, 6.07) is 5.27. The van der Waals surface area contributed by atoms with Crippen LogP contribution in [0.1, 0.15) is 25.5 Å². The standard InChI is InChI=1S/C13H12BrCl2N3/c1-6(2)11-10(14)12(17)19-13(18-11)7-3-4-8(15)9(16)5-7/h3-6H,1-2H3,(H2,17,18,19). The first-order valence-corrected chi connectivity index (χ1v) is 7.23. The molecule has 2 N–H and O–H groups in total. The van der Waals surface area contributed by atoms with Crippen LogP contribution in [0, 0.1) is 0 Å². The van der Waals surface area contributed by atoms with E-state index in [9.17, 15) is 0 Å². The monoisotopic (exact) mass is 359 g/mol. The van der Waals surface area contributed by atoms with E-state index >= 15 is 0 Å². The number of halogens is 3. The van der Waals surface area contributed by atoms with Crippen molar-refractivity contribution in [3.63, 3.8) is 0 Å². The third kappa shape index (κ3) is 3.02. The van der Waals surface area contributed by atoms with Crippen molar-refractivity contribution in [2.45, 2.75) is 19.8 Å². The molecule has 2 rings (SSSR count). The van der Waals surface area contributed by atoms with Gasteiger partial charge in [0.25, 0.3) is 0 Å². The minimum atomic E-state index is 0.237. The van der Waals surface area contributed by atoms with Gasteiger partial charge in [-0.05, 0) is 40.0 Å². The zero-order valence-corrected chi connectivity index (χ0v) is 13.5. The summed E-state index contributed by atoms with van der Waals surface area (Å²) < 4.78 is 0.742. The lowest BCUT2D eigenvalue weighted by molar-refractivity contribution is 0.811. The highest BCUT2D eigenvalue weighted by atomic mass is 79.9. The molecule has 1 aromatic heterocycles. The Morgan fingerprint density at radius 3 is 2.42 bits per heavy atom. The summed E-state index contributed by atoms with van der Waals surface area (Å²) in [5.74, 6) is 1.20. The van der Waals surface area contributed by atoms with Crippen molar-refractivity contribution >= 4 is 44.9 Å². The molecule has 1 heterocycles. The molecule has 19 heavy (non-hydrogen) atoms. The molecule has 6 heteroatoms. The second-order valence-corrected chi connectivity index (χ2v) is 6.02. The zero-order chi connectivity index (χ0) is 14.2. The lowest BCUT2D eigenvalue weighted by Gasteiger charge is -2.11. The second kappa shape index (κ2) is 5.65. The molecule has 0 radical (unpaired) electrons. The Morgan fingerprint density at radius 2 is 1.84 bits per heavy atom. The van der Waals surface area contributed by atoms with E-state index in [0.29, 0.717) is 21.7 Å². The van der Waals surface area contributed by atoms with Crippen LogP contribution in [0.2, 0.25) is 10.0 Å². The summed E-state index contributed by atoms with van der Waals surface area (Å²) in [5.41, 5.74) is 7.56. The SMILES string of the molecule is CC(C)c1nc(-c2ccc(Cl)c(Cl)c2)nc(N)c1Br. The van der Waals surface area contributed by atoms with Gasteiger partial charge in [-0.1, -0.05) is 37.0 Å². The van der Waals surface area contributed by atoms with Gasteiger partial charge in [0.2, 0.25) is 0 Å². The summed E-state index contributed by atoms with van der Waals surface area (Å²) in [5, 5.41) is 0.968. The third-order valence-electron chi connectivity index (χ3n) is 2.63. The van der Waals surface area contributed by atoms with Crippen molar-refractivity contribution in [2.75, 3.05) is 5.73 Å². The van der Waals surface area contributed by atoms with E-state index in [0.717, 1.165) is 15.7 Å². The normalized spacial score (nSPS) is 11.1. The average Bonchev–Trinajstić information content (AvgIpc) is 2.35. The van der Waals surface area contributed by atoms with Crippen molar-refractivity contribution in [2.24, 2.45) is 0 Å². The van der Waals surface area contributed by atoms with Gasteiger partial charge < -0.3 is 5.73 Å². The molecule has 0 amide bonds.